The van der Waals surface area contributed by atoms with Crippen LogP contribution < -0.4 is 0 Å². The molecule has 0 saturated carbocycles. The van der Waals surface area contributed by atoms with Gasteiger partial charge in [0.25, 0.3) is 0 Å². The molecule has 5 heteroatoms. The van der Waals surface area contributed by atoms with E-state index < -0.39 is 6.10 Å². The van der Waals surface area contributed by atoms with Crippen LogP contribution in [-0.4, -0.2) is 39.6 Å². The molecule has 1 aliphatic heterocycles. The van der Waals surface area contributed by atoms with Gasteiger partial charge in [-0.3, -0.25) is 4.98 Å². The van der Waals surface area contributed by atoms with E-state index >= 15 is 0 Å². The highest BCUT2D eigenvalue weighted by Crippen LogP contribution is 2.33. The Bertz CT molecular complexity index is 578. The molecule has 1 aliphatic rings. The van der Waals surface area contributed by atoms with E-state index in [2.05, 4.69) is 14.9 Å². The number of rotatable bonds is 5. The van der Waals surface area contributed by atoms with Crippen LogP contribution in [0, 0.1) is 6.92 Å². The Labute approximate surface area is 129 Å². The summed E-state index contributed by atoms with van der Waals surface area (Å²) in [5.74, 6) is 0. The van der Waals surface area contributed by atoms with Crippen molar-refractivity contribution >= 4 is 11.3 Å². The highest BCUT2D eigenvalue weighted by atomic mass is 32.1. The number of aliphatic hydroxyl groups excluding tert-OH is 1. The van der Waals surface area contributed by atoms with Gasteiger partial charge in [0.15, 0.2) is 0 Å². The molecule has 1 N–H and O–H groups in total. The lowest BCUT2D eigenvalue weighted by Crippen LogP contribution is -2.22. The van der Waals surface area contributed by atoms with Gasteiger partial charge in [0.1, 0.15) is 5.01 Å². The summed E-state index contributed by atoms with van der Waals surface area (Å²) in [5, 5.41) is 11.4. The zero-order chi connectivity index (χ0) is 14.7. The SMILES string of the molecule is Cc1nc(-c2ccncc2)sc1C(O)CCN1CCCC1. The first-order valence-electron chi connectivity index (χ1n) is 7.52. The maximum absolute atomic E-state index is 10.5. The van der Waals surface area contributed by atoms with Crippen LogP contribution in [0.1, 0.15) is 35.9 Å². The first-order chi connectivity index (χ1) is 10.2. The highest BCUT2D eigenvalue weighted by Gasteiger charge is 2.19. The maximum Gasteiger partial charge on any atom is 0.124 e. The number of pyridine rings is 1. The van der Waals surface area contributed by atoms with Gasteiger partial charge in [-0.2, -0.15) is 0 Å². The molecule has 1 atom stereocenters. The Morgan fingerprint density at radius 1 is 1.29 bits per heavy atom. The van der Waals surface area contributed by atoms with E-state index in [1.54, 1.807) is 23.7 Å². The molecule has 2 aromatic rings. The van der Waals surface area contributed by atoms with E-state index in [0.29, 0.717) is 0 Å². The monoisotopic (exact) mass is 303 g/mol. The third-order valence-electron chi connectivity index (χ3n) is 3.98. The predicted molar refractivity (Wildman–Crippen MR) is 85.3 cm³/mol. The van der Waals surface area contributed by atoms with Crippen molar-refractivity contribution in [1.82, 2.24) is 14.9 Å². The van der Waals surface area contributed by atoms with Crippen LogP contribution in [0.15, 0.2) is 24.5 Å². The second-order valence-electron chi connectivity index (χ2n) is 5.56. The Hall–Kier alpha value is -1.30. The van der Waals surface area contributed by atoms with Crippen molar-refractivity contribution < 1.29 is 5.11 Å². The first-order valence-corrected chi connectivity index (χ1v) is 8.34. The average molecular weight is 303 g/mol. The number of aryl methyl sites for hydroxylation is 1. The molecule has 0 aromatic carbocycles. The van der Waals surface area contributed by atoms with Gasteiger partial charge in [-0.15, -0.1) is 11.3 Å². The van der Waals surface area contributed by atoms with Gasteiger partial charge in [0.05, 0.1) is 16.7 Å². The number of nitrogens with zero attached hydrogens (tertiary/aromatic N) is 3. The van der Waals surface area contributed by atoms with Crippen LogP contribution >= 0.6 is 11.3 Å². The summed E-state index contributed by atoms with van der Waals surface area (Å²) in [6, 6.07) is 3.91. The lowest BCUT2D eigenvalue weighted by atomic mass is 10.2. The number of likely N-dealkylation sites (tertiary alicyclic amines) is 1. The molecular formula is C16H21N3OS. The Morgan fingerprint density at radius 2 is 2.00 bits per heavy atom. The lowest BCUT2D eigenvalue weighted by molar-refractivity contribution is 0.151. The van der Waals surface area contributed by atoms with Gasteiger partial charge in [0.2, 0.25) is 0 Å². The fourth-order valence-corrected chi connectivity index (χ4v) is 3.87. The molecule has 0 aliphatic carbocycles. The van der Waals surface area contributed by atoms with Crippen LogP contribution in [0.25, 0.3) is 10.6 Å². The molecule has 1 fully saturated rings. The third-order valence-corrected chi connectivity index (χ3v) is 5.29. The lowest BCUT2D eigenvalue weighted by Gasteiger charge is -2.16. The van der Waals surface area contributed by atoms with E-state index in [0.717, 1.165) is 34.1 Å². The number of thiazole rings is 1. The first kappa shape index (κ1) is 14.6. The van der Waals surface area contributed by atoms with Gasteiger partial charge in [-0.05, 0) is 51.4 Å². The van der Waals surface area contributed by atoms with Gasteiger partial charge in [0, 0.05) is 24.5 Å². The Balaban J connectivity index is 1.68. The predicted octanol–water partition coefficient (Wildman–Crippen LogP) is 3.03. The molecule has 4 nitrogen and oxygen atoms in total. The van der Waals surface area contributed by atoms with E-state index in [1.165, 1.54) is 25.9 Å². The fraction of sp³-hybridized carbons (Fsp3) is 0.500. The van der Waals surface area contributed by atoms with E-state index in [-0.39, 0.29) is 0 Å². The molecule has 112 valence electrons. The molecule has 1 saturated heterocycles. The van der Waals surface area contributed by atoms with Crippen molar-refractivity contribution in [2.75, 3.05) is 19.6 Å². The molecule has 0 amide bonds. The molecule has 3 rings (SSSR count). The van der Waals surface area contributed by atoms with Crippen LogP contribution in [0.4, 0.5) is 0 Å². The minimum Gasteiger partial charge on any atom is -0.387 e. The van der Waals surface area contributed by atoms with E-state index in [9.17, 15) is 5.11 Å². The summed E-state index contributed by atoms with van der Waals surface area (Å²) in [5.41, 5.74) is 2.01. The van der Waals surface area contributed by atoms with Crippen molar-refractivity contribution in [2.24, 2.45) is 0 Å². The minimum absolute atomic E-state index is 0.404. The summed E-state index contributed by atoms with van der Waals surface area (Å²) in [6.45, 7) is 5.31. The molecular weight excluding hydrogens is 282 g/mol. The number of aromatic nitrogens is 2. The fourth-order valence-electron chi connectivity index (χ4n) is 2.78. The van der Waals surface area contributed by atoms with Crippen LogP contribution in [0.3, 0.4) is 0 Å². The summed E-state index contributed by atoms with van der Waals surface area (Å²) >= 11 is 1.60. The highest BCUT2D eigenvalue weighted by molar-refractivity contribution is 7.15. The number of hydrogen-bond acceptors (Lipinski definition) is 5. The quantitative estimate of drug-likeness (QED) is 0.922. The second kappa shape index (κ2) is 6.64. The third kappa shape index (κ3) is 3.48. The van der Waals surface area contributed by atoms with Crippen molar-refractivity contribution in [1.29, 1.82) is 0 Å². The Kier molecular flexibility index (Phi) is 4.63. The molecule has 1 unspecified atom stereocenters. The van der Waals surface area contributed by atoms with Crippen molar-refractivity contribution in [3.8, 4) is 10.6 Å². The van der Waals surface area contributed by atoms with Crippen LogP contribution in [-0.2, 0) is 0 Å². The van der Waals surface area contributed by atoms with Gasteiger partial charge < -0.3 is 10.0 Å². The van der Waals surface area contributed by atoms with Crippen molar-refractivity contribution in [3.63, 3.8) is 0 Å². The molecule has 3 heterocycles. The van der Waals surface area contributed by atoms with Crippen LogP contribution in [0.5, 0.6) is 0 Å². The summed E-state index contributed by atoms with van der Waals surface area (Å²) in [4.78, 5) is 12.1. The summed E-state index contributed by atoms with van der Waals surface area (Å²) in [6.07, 6.45) is 6.52. The topological polar surface area (TPSA) is 49.3 Å². The molecule has 0 bridgehead atoms. The molecule has 21 heavy (non-hydrogen) atoms. The molecule has 2 aromatic heterocycles. The van der Waals surface area contributed by atoms with Crippen molar-refractivity contribution in [3.05, 3.63) is 35.1 Å². The minimum atomic E-state index is -0.404. The number of hydrogen-bond donors (Lipinski definition) is 1. The zero-order valence-corrected chi connectivity index (χ0v) is 13.1. The summed E-state index contributed by atoms with van der Waals surface area (Å²) < 4.78 is 0. The van der Waals surface area contributed by atoms with Crippen LogP contribution in [0.2, 0.25) is 0 Å². The smallest absolute Gasteiger partial charge is 0.124 e. The van der Waals surface area contributed by atoms with Gasteiger partial charge in [-0.1, -0.05) is 0 Å². The van der Waals surface area contributed by atoms with Crippen molar-refractivity contribution in [2.45, 2.75) is 32.3 Å². The number of aliphatic hydroxyl groups is 1. The van der Waals surface area contributed by atoms with Gasteiger partial charge in [-0.25, -0.2) is 4.98 Å². The zero-order valence-electron chi connectivity index (χ0n) is 12.3. The molecule has 0 spiro atoms. The molecule has 0 radical (unpaired) electrons. The largest absolute Gasteiger partial charge is 0.387 e. The summed E-state index contributed by atoms with van der Waals surface area (Å²) in [7, 11) is 0. The van der Waals surface area contributed by atoms with Gasteiger partial charge >= 0.3 is 0 Å². The van der Waals surface area contributed by atoms with E-state index in [4.69, 9.17) is 0 Å². The average Bonchev–Trinajstić information content (AvgIpc) is 3.15. The Morgan fingerprint density at radius 3 is 2.71 bits per heavy atom. The second-order valence-corrected chi connectivity index (χ2v) is 6.59. The standard InChI is InChI=1S/C16H21N3OS/c1-12-15(14(20)6-11-19-9-2-3-10-19)21-16(18-12)13-4-7-17-8-5-13/h4-5,7-8,14,20H,2-3,6,9-11H2,1H3. The van der Waals surface area contributed by atoms with E-state index in [1.807, 2.05) is 19.1 Å². The normalized spacial score (nSPS) is 17.2. The maximum atomic E-state index is 10.5.